The minimum Gasteiger partial charge on any atom is -0.373 e. The summed E-state index contributed by atoms with van der Waals surface area (Å²) in [5.41, 5.74) is 4.53. The minimum absolute atomic E-state index is 0.0616. The van der Waals surface area contributed by atoms with E-state index >= 15 is 0 Å². The third-order valence-electron chi connectivity index (χ3n) is 2.62. The Morgan fingerprint density at radius 1 is 1.50 bits per heavy atom. The maximum absolute atomic E-state index is 12.5. The van der Waals surface area contributed by atoms with Crippen LogP contribution in [-0.2, 0) is 10.9 Å². The van der Waals surface area contributed by atoms with Gasteiger partial charge in [0.05, 0.1) is 12.7 Å². The quantitative estimate of drug-likeness (QED) is 0.848. The first kappa shape index (κ1) is 13.0. The Labute approximate surface area is 102 Å². The standard InChI is InChI=1S/C10H13F3N4O/c11-10(12,13)8-1-2-15-9(16-8)17-3-4-18-7(5-14)6-17/h1-2,7H,3-6,14H2. The predicted octanol–water partition coefficient (Wildman–Crippen LogP) is 0.659. The summed E-state index contributed by atoms with van der Waals surface area (Å²) in [7, 11) is 0. The number of hydrogen-bond acceptors (Lipinski definition) is 5. The zero-order chi connectivity index (χ0) is 13.2. The molecule has 0 spiro atoms. The number of morpholine rings is 1. The van der Waals surface area contributed by atoms with Crippen LogP contribution in [0.25, 0.3) is 0 Å². The molecule has 2 rings (SSSR count). The molecule has 1 atom stereocenters. The fourth-order valence-corrected chi connectivity index (χ4v) is 1.70. The zero-order valence-electron chi connectivity index (χ0n) is 9.52. The Morgan fingerprint density at radius 3 is 2.94 bits per heavy atom. The summed E-state index contributed by atoms with van der Waals surface area (Å²) in [5, 5.41) is 0. The first-order valence-electron chi connectivity index (χ1n) is 5.47. The van der Waals surface area contributed by atoms with Crippen molar-refractivity contribution in [3.8, 4) is 0 Å². The van der Waals surface area contributed by atoms with Crippen molar-refractivity contribution >= 4 is 5.95 Å². The second kappa shape index (κ2) is 5.07. The molecular weight excluding hydrogens is 249 g/mol. The molecule has 1 unspecified atom stereocenters. The monoisotopic (exact) mass is 262 g/mol. The van der Waals surface area contributed by atoms with Gasteiger partial charge in [0.15, 0.2) is 0 Å². The fourth-order valence-electron chi connectivity index (χ4n) is 1.70. The number of alkyl halides is 3. The summed E-state index contributed by atoms with van der Waals surface area (Å²) < 4.78 is 42.9. The van der Waals surface area contributed by atoms with Crippen LogP contribution in [0, 0.1) is 0 Å². The maximum Gasteiger partial charge on any atom is 0.433 e. The number of halogens is 3. The van der Waals surface area contributed by atoms with Gasteiger partial charge in [0.1, 0.15) is 5.69 Å². The third-order valence-corrected chi connectivity index (χ3v) is 2.62. The average molecular weight is 262 g/mol. The van der Waals surface area contributed by atoms with Crippen LogP contribution in [0.3, 0.4) is 0 Å². The van der Waals surface area contributed by atoms with Gasteiger partial charge in [-0.2, -0.15) is 13.2 Å². The lowest BCUT2D eigenvalue weighted by atomic mass is 10.3. The van der Waals surface area contributed by atoms with Gasteiger partial charge in [-0.1, -0.05) is 0 Å². The van der Waals surface area contributed by atoms with E-state index in [0.29, 0.717) is 26.2 Å². The third kappa shape index (κ3) is 2.88. The second-order valence-electron chi connectivity index (χ2n) is 3.91. The fraction of sp³-hybridized carbons (Fsp3) is 0.600. The molecule has 1 fully saturated rings. The molecule has 0 aromatic carbocycles. The van der Waals surface area contributed by atoms with Gasteiger partial charge in [0, 0.05) is 25.8 Å². The zero-order valence-corrected chi connectivity index (χ0v) is 9.52. The molecule has 2 N–H and O–H groups in total. The van der Waals surface area contributed by atoms with Crippen molar-refractivity contribution in [2.45, 2.75) is 12.3 Å². The number of hydrogen-bond donors (Lipinski definition) is 1. The van der Waals surface area contributed by atoms with Crippen LogP contribution in [0.15, 0.2) is 12.3 Å². The van der Waals surface area contributed by atoms with Crippen LogP contribution in [0.5, 0.6) is 0 Å². The minimum atomic E-state index is -4.46. The van der Waals surface area contributed by atoms with Crippen molar-refractivity contribution in [1.82, 2.24) is 9.97 Å². The first-order valence-corrected chi connectivity index (χ1v) is 5.47. The van der Waals surface area contributed by atoms with E-state index in [0.717, 1.165) is 12.3 Å². The van der Waals surface area contributed by atoms with Crippen molar-refractivity contribution in [3.05, 3.63) is 18.0 Å². The summed E-state index contributed by atoms with van der Waals surface area (Å²) in [6.45, 7) is 1.58. The lowest BCUT2D eigenvalue weighted by Crippen LogP contribution is -2.46. The topological polar surface area (TPSA) is 64.3 Å². The van der Waals surface area contributed by atoms with E-state index in [4.69, 9.17) is 10.5 Å². The van der Waals surface area contributed by atoms with Crippen LogP contribution in [-0.4, -0.2) is 42.3 Å². The average Bonchev–Trinajstić information content (AvgIpc) is 2.38. The SMILES string of the molecule is NCC1CN(c2nccc(C(F)(F)F)n2)CCO1. The van der Waals surface area contributed by atoms with Crippen molar-refractivity contribution in [1.29, 1.82) is 0 Å². The molecule has 1 aromatic heterocycles. The molecule has 0 radical (unpaired) electrons. The summed E-state index contributed by atoms with van der Waals surface area (Å²) in [4.78, 5) is 9.04. The summed E-state index contributed by atoms with van der Waals surface area (Å²) >= 11 is 0. The van der Waals surface area contributed by atoms with Crippen LogP contribution >= 0.6 is 0 Å². The van der Waals surface area contributed by atoms with E-state index in [1.807, 2.05) is 0 Å². The van der Waals surface area contributed by atoms with E-state index in [2.05, 4.69) is 9.97 Å². The Bertz CT molecular complexity index is 412. The molecule has 0 aliphatic carbocycles. The molecule has 1 aliphatic heterocycles. The van der Waals surface area contributed by atoms with Gasteiger partial charge in [-0.05, 0) is 6.07 Å². The molecule has 5 nitrogen and oxygen atoms in total. The second-order valence-corrected chi connectivity index (χ2v) is 3.91. The van der Waals surface area contributed by atoms with Crippen LogP contribution in [0.1, 0.15) is 5.69 Å². The highest BCUT2D eigenvalue weighted by molar-refractivity contribution is 5.31. The van der Waals surface area contributed by atoms with Crippen molar-refractivity contribution in [2.24, 2.45) is 5.73 Å². The number of rotatable bonds is 2. The van der Waals surface area contributed by atoms with Gasteiger partial charge < -0.3 is 15.4 Å². The lowest BCUT2D eigenvalue weighted by molar-refractivity contribution is -0.141. The smallest absolute Gasteiger partial charge is 0.373 e. The Kier molecular flexibility index (Phi) is 3.67. The van der Waals surface area contributed by atoms with Crippen LogP contribution < -0.4 is 10.6 Å². The highest BCUT2D eigenvalue weighted by Gasteiger charge is 2.33. The molecule has 18 heavy (non-hydrogen) atoms. The molecule has 2 heterocycles. The van der Waals surface area contributed by atoms with E-state index < -0.39 is 11.9 Å². The number of nitrogens with two attached hydrogens (primary N) is 1. The molecule has 1 aliphatic rings. The number of anilines is 1. The predicted molar refractivity (Wildman–Crippen MR) is 58.0 cm³/mol. The van der Waals surface area contributed by atoms with Gasteiger partial charge in [-0.3, -0.25) is 0 Å². The Morgan fingerprint density at radius 2 is 2.28 bits per heavy atom. The number of ether oxygens (including phenoxy) is 1. The highest BCUT2D eigenvalue weighted by atomic mass is 19.4. The van der Waals surface area contributed by atoms with E-state index in [-0.39, 0.29) is 12.1 Å². The maximum atomic E-state index is 12.5. The van der Waals surface area contributed by atoms with Crippen molar-refractivity contribution in [2.75, 3.05) is 31.1 Å². The summed E-state index contributed by atoms with van der Waals surface area (Å²) in [6.07, 6.45) is -3.55. The number of nitrogens with zero attached hydrogens (tertiary/aromatic N) is 3. The van der Waals surface area contributed by atoms with Gasteiger partial charge in [0.25, 0.3) is 0 Å². The van der Waals surface area contributed by atoms with E-state index in [1.54, 1.807) is 4.90 Å². The summed E-state index contributed by atoms with van der Waals surface area (Å²) in [5.74, 6) is 0.0616. The molecule has 0 saturated carbocycles. The van der Waals surface area contributed by atoms with Gasteiger partial charge in [0.2, 0.25) is 5.95 Å². The van der Waals surface area contributed by atoms with E-state index in [9.17, 15) is 13.2 Å². The van der Waals surface area contributed by atoms with Crippen molar-refractivity contribution < 1.29 is 17.9 Å². The highest BCUT2D eigenvalue weighted by Crippen LogP contribution is 2.28. The molecule has 0 bridgehead atoms. The molecule has 1 aromatic rings. The van der Waals surface area contributed by atoms with Crippen LogP contribution in [0.2, 0.25) is 0 Å². The number of aromatic nitrogens is 2. The Hall–Kier alpha value is -1.41. The van der Waals surface area contributed by atoms with Crippen molar-refractivity contribution in [3.63, 3.8) is 0 Å². The molecule has 8 heteroatoms. The van der Waals surface area contributed by atoms with Crippen LogP contribution in [0.4, 0.5) is 19.1 Å². The largest absolute Gasteiger partial charge is 0.433 e. The first-order chi connectivity index (χ1) is 8.50. The van der Waals surface area contributed by atoms with Gasteiger partial charge in [-0.15, -0.1) is 0 Å². The molecule has 1 saturated heterocycles. The van der Waals surface area contributed by atoms with Gasteiger partial charge in [-0.25, -0.2) is 9.97 Å². The molecule has 0 amide bonds. The molecule has 100 valence electrons. The van der Waals surface area contributed by atoms with Gasteiger partial charge >= 0.3 is 6.18 Å². The summed E-state index contributed by atoms with van der Waals surface area (Å²) in [6, 6.07) is 0.852. The Balaban J connectivity index is 2.18. The normalized spacial score (nSPS) is 21.1. The van der Waals surface area contributed by atoms with E-state index in [1.165, 1.54) is 0 Å². The molecular formula is C10H13F3N4O. The lowest BCUT2D eigenvalue weighted by Gasteiger charge is -2.32.